The lowest BCUT2D eigenvalue weighted by molar-refractivity contribution is -0.122. The molecule has 0 saturated carbocycles. The summed E-state index contributed by atoms with van der Waals surface area (Å²) in [7, 11) is -1.89. The number of hydrogen-bond acceptors (Lipinski definition) is 7. The van der Waals surface area contributed by atoms with Crippen LogP contribution >= 0.6 is 0 Å². The Kier molecular flexibility index (Phi) is 7.99. The molecule has 2 atom stereocenters. The number of benzene rings is 3. The van der Waals surface area contributed by atoms with E-state index >= 15 is 0 Å². The van der Waals surface area contributed by atoms with E-state index in [0.717, 1.165) is 17.4 Å². The molecule has 1 unspecified atom stereocenters. The van der Waals surface area contributed by atoms with Crippen LogP contribution in [-0.4, -0.2) is 63.9 Å². The van der Waals surface area contributed by atoms with E-state index in [9.17, 15) is 22.7 Å². The third kappa shape index (κ3) is 6.78. The van der Waals surface area contributed by atoms with E-state index < -0.39 is 27.8 Å². The Bertz CT molecular complexity index is 1340. The zero-order chi connectivity index (χ0) is 26.6. The molecule has 0 aliphatic carbocycles. The molecular formula is C27H28FNO7S. The number of carbonyl (C=O) groups is 1. The molecule has 1 N–H and O–H groups in total. The van der Waals surface area contributed by atoms with Gasteiger partial charge in [0.1, 0.15) is 34.1 Å². The van der Waals surface area contributed by atoms with E-state index in [4.69, 9.17) is 14.2 Å². The third-order valence-corrected chi connectivity index (χ3v) is 6.84. The maximum absolute atomic E-state index is 13.2. The molecular weight excluding hydrogens is 501 g/mol. The van der Waals surface area contributed by atoms with Crippen molar-refractivity contribution < 1.29 is 36.9 Å². The number of amides is 1. The summed E-state index contributed by atoms with van der Waals surface area (Å²) < 4.78 is 52.7. The van der Waals surface area contributed by atoms with Crippen LogP contribution in [0, 0.1) is 5.82 Å². The van der Waals surface area contributed by atoms with Crippen LogP contribution in [0.4, 0.5) is 10.1 Å². The number of sulfone groups is 1. The first-order chi connectivity index (χ1) is 17.6. The fourth-order valence-corrected chi connectivity index (χ4v) is 4.87. The monoisotopic (exact) mass is 529 g/mol. The van der Waals surface area contributed by atoms with Crippen LogP contribution in [0.3, 0.4) is 0 Å². The van der Waals surface area contributed by atoms with E-state index in [2.05, 4.69) is 0 Å². The van der Waals surface area contributed by atoms with Gasteiger partial charge in [0.2, 0.25) is 0 Å². The largest absolute Gasteiger partial charge is 0.493 e. The number of hydrogen-bond donors (Lipinski definition) is 1. The van der Waals surface area contributed by atoms with Gasteiger partial charge in [-0.2, -0.15) is 0 Å². The summed E-state index contributed by atoms with van der Waals surface area (Å²) in [5, 5.41) is 9.88. The molecule has 0 aromatic heterocycles. The predicted octanol–water partition coefficient (Wildman–Crippen LogP) is 3.47. The van der Waals surface area contributed by atoms with Crippen LogP contribution < -0.4 is 19.1 Å². The number of methoxy groups -OCH3 is 1. The summed E-state index contributed by atoms with van der Waals surface area (Å²) in [6.07, 6.45) is -0.290. The first-order valence-corrected chi connectivity index (χ1v) is 13.7. The molecule has 4 rings (SSSR count). The van der Waals surface area contributed by atoms with Gasteiger partial charge in [-0.3, -0.25) is 4.79 Å². The number of nitrogens with zero attached hydrogens (tertiary/aromatic N) is 1. The predicted molar refractivity (Wildman–Crippen MR) is 137 cm³/mol. The number of rotatable bonds is 10. The zero-order valence-corrected chi connectivity index (χ0v) is 21.3. The molecule has 1 heterocycles. The van der Waals surface area contributed by atoms with Crippen molar-refractivity contribution in [2.45, 2.75) is 18.6 Å². The summed E-state index contributed by atoms with van der Waals surface area (Å²) in [4.78, 5) is 14.7. The summed E-state index contributed by atoms with van der Waals surface area (Å²) in [5.74, 6) is 0.321. The second-order valence-corrected chi connectivity index (χ2v) is 11.0. The molecule has 1 aliphatic heterocycles. The van der Waals surface area contributed by atoms with Crippen LogP contribution in [0.15, 0.2) is 66.7 Å². The van der Waals surface area contributed by atoms with Gasteiger partial charge in [0.15, 0.2) is 17.6 Å². The summed E-state index contributed by atoms with van der Waals surface area (Å²) in [6, 6.07) is 18.4. The fourth-order valence-electron chi connectivity index (χ4n) is 4.08. The van der Waals surface area contributed by atoms with Crippen LogP contribution in [0.2, 0.25) is 0 Å². The van der Waals surface area contributed by atoms with Crippen LogP contribution in [-0.2, 0) is 14.6 Å². The number of aliphatic hydroxyl groups excluding tert-OH is 1. The molecule has 0 radical (unpaired) electrons. The van der Waals surface area contributed by atoms with Crippen molar-refractivity contribution in [1.82, 2.24) is 0 Å². The lowest BCUT2D eigenvalue weighted by atomic mass is 10.1. The molecule has 1 aliphatic rings. The highest BCUT2D eigenvalue weighted by molar-refractivity contribution is 7.90. The summed E-state index contributed by atoms with van der Waals surface area (Å²) >= 11 is 0. The number of aliphatic hydroxyl groups is 1. The maximum atomic E-state index is 13.2. The molecule has 8 nitrogen and oxygen atoms in total. The molecule has 0 bridgehead atoms. The summed E-state index contributed by atoms with van der Waals surface area (Å²) in [6.45, 7) is 0.231. The zero-order valence-electron chi connectivity index (χ0n) is 20.5. The van der Waals surface area contributed by atoms with Crippen molar-refractivity contribution in [3.63, 3.8) is 0 Å². The van der Waals surface area contributed by atoms with Crippen LogP contribution in [0.25, 0.3) is 11.1 Å². The van der Waals surface area contributed by atoms with Gasteiger partial charge in [-0.05, 0) is 47.5 Å². The Morgan fingerprint density at radius 3 is 2.30 bits per heavy atom. The average molecular weight is 530 g/mol. The van der Waals surface area contributed by atoms with Gasteiger partial charge in [-0.15, -0.1) is 0 Å². The van der Waals surface area contributed by atoms with Gasteiger partial charge >= 0.3 is 0 Å². The summed E-state index contributed by atoms with van der Waals surface area (Å²) in [5.41, 5.74) is 2.39. The van der Waals surface area contributed by atoms with Crippen molar-refractivity contribution in [1.29, 1.82) is 0 Å². The molecule has 196 valence electrons. The minimum absolute atomic E-state index is 0.193. The number of ether oxygens (including phenoxy) is 3. The minimum atomic E-state index is -3.34. The number of halogens is 1. The fraction of sp³-hybridized carbons (Fsp3) is 0.296. The van der Waals surface area contributed by atoms with Gasteiger partial charge in [-0.1, -0.05) is 24.3 Å². The van der Waals surface area contributed by atoms with Gasteiger partial charge in [0.05, 0.1) is 12.9 Å². The Balaban J connectivity index is 1.39. The first kappa shape index (κ1) is 26.4. The Labute approximate surface area is 215 Å². The highest BCUT2D eigenvalue weighted by atomic mass is 32.2. The van der Waals surface area contributed by atoms with E-state index in [0.29, 0.717) is 35.9 Å². The van der Waals surface area contributed by atoms with Gasteiger partial charge in [-0.25, -0.2) is 12.8 Å². The smallest absolute Gasteiger partial charge is 0.268 e. The van der Waals surface area contributed by atoms with Gasteiger partial charge in [0.25, 0.3) is 5.91 Å². The lowest BCUT2D eigenvalue weighted by Crippen LogP contribution is -2.32. The minimum Gasteiger partial charge on any atom is -0.493 e. The molecule has 3 aromatic carbocycles. The van der Waals surface area contributed by atoms with Gasteiger partial charge in [0, 0.05) is 31.0 Å². The standard InChI is InChI=1S/C27H28FNO7S/c1-34-26-15-21(9-12-24(26)35-16-22(30)17-37(2,32)33)29-14-13-25(27(29)31)36-23-10-5-19(6-11-23)18-3-7-20(28)8-4-18/h3-12,15,22,25,30H,13-14,16-17H2,1-2H3/t22-,25?/m0/s1. The molecule has 0 spiro atoms. The number of carbonyl (C=O) groups excluding carboxylic acids is 1. The van der Waals surface area contributed by atoms with Crippen molar-refractivity contribution in [3.8, 4) is 28.4 Å². The SMILES string of the molecule is COc1cc(N2CCC(Oc3ccc(-c4ccc(F)cc4)cc3)C2=O)ccc1OC[C@H](O)CS(C)(=O)=O. The first-order valence-electron chi connectivity index (χ1n) is 11.6. The topological polar surface area (TPSA) is 102 Å². The third-order valence-electron chi connectivity index (χ3n) is 5.85. The van der Waals surface area contributed by atoms with Gasteiger partial charge < -0.3 is 24.2 Å². The second kappa shape index (κ2) is 11.2. The van der Waals surface area contributed by atoms with Crippen LogP contribution in [0.1, 0.15) is 6.42 Å². The van der Waals surface area contributed by atoms with Crippen molar-refractivity contribution in [3.05, 3.63) is 72.5 Å². The van der Waals surface area contributed by atoms with Crippen molar-refractivity contribution in [2.24, 2.45) is 0 Å². The van der Waals surface area contributed by atoms with Crippen LogP contribution in [0.5, 0.6) is 17.2 Å². The molecule has 37 heavy (non-hydrogen) atoms. The molecule has 3 aromatic rings. The normalized spacial score (nSPS) is 16.5. The van der Waals surface area contributed by atoms with E-state index in [1.165, 1.54) is 19.2 Å². The Morgan fingerprint density at radius 1 is 1.03 bits per heavy atom. The van der Waals surface area contributed by atoms with Crippen molar-refractivity contribution in [2.75, 3.05) is 37.2 Å². The lowest BCUT2D eigenvalue weighted by Gasteiger charge is -2.20. The Morgan fingerprint density at radius 2 is 1.68 bits per heavy atom. The highest BCUT2D eigenvalue weighted by Crippen LogP contribution is 2.34. The molecule has 1 saturated heterocycles. The average Bonchev–Trinajstić information content (AvgIpc) is 3.22. The highest BCUT2D eigenvalue weighted by Gasteiger charge is 2.34. The van der Waals surface area contributed by atoms with E-state index in [1.54, 1.807) is 47.4 Å². The van der Waals surface area contributed by atoms with Crippen molar-refractivity contribution >= 4 is 21.4 Å². The van der Waals surface area contributed by atoms with E-state index in [-0.39, 0.29) is 18.3 Å². The Hall–Kier alpha value is -3.63. The number of anilines is 1. The maximum Gasteiger partial charge on any atom is 0.268 e. The quantitative estimate of drug-likeness (QED) is 0.429. The van der Waals surface area contributed by atoms with E-state index in [1.807, 2.05) is 12.1 Å². The molecule has 10 heteroatoms. The second-order valence-electron chi connectivity index (χ2n) is 8.81. The molecule has 1 fully saturated rings. The molecule has 1 amide bonds.